The second kappa shape index (κ2) is 9.32. The average Bonchev–Trinajstić information content (AvgIpc) is 2.68. The molecule has 160 valence electrons. The number of rotatable bonds is 10. The summed E-state index contributed by atoms with van der Waals surface area (Å²) in [6, 6.07) is 12.8. The smallest absolute Gasteiger partial charge is 0.266 e. The average molecular weight is 447 g/mol. The Morgan fingerprint density at radius 1 is 0.897 bits per heavy atom. The first-order valence-electron chi connectivity index (χ1n) is 9.12. The van der Waals surface area contributed by atoms with Gasteiger partial charge in [-0.2, -0.15) is 17.2 Å². The number of halogens is 2. The van der Waals surface area contributed by atoms with Crippen LogP contribution >= 0.6 is 0 Å². The van der Waals surface area contributed by atoms with Gasteiger partial charge in [-0.3, -0.25) is 4.18 Å². The maximum Gasteiger partial charge on any atom is 0.352 e. The molecule has 2 rings (SSSR count). The topological polar surface area (TPSA) is 77.5 Å². The standard InChI is InChI=1S/C20H24F2O5S2/c1-16-11-13-19(14-12-16)29(25,26)27-15-7-6-8-17(2)20(21,22)28(23,24)18-9-4-3-5-10-18/h3-5,9-14,17H,6-8,15H2,1-2H3. The zero-order chi connectivity index (χ0) is 21.7. The molecule has 2 aromatic carbocycles. The fraction of sp³-hybridized carbons (Fsp3) is 0.400. The molecule has 5 nitrogen and oxygen atoms in total. The van der Waals surface area contributed by atoms with Crippen LogP contribution in [0.4, 0.5) is 8.78 Å². The minimum Gasteiger partial charge on any atom is -0.266 e. The van der Waals surface area contributed by atoms with Crippen LogP contribution in [-0.4, -0.2) is 28.7 Å². The molecule has 0 bridgehead atoms. The normalized spacial score (nSPS) is 13.9. The molecule has 29 heavy (non-hydrogen) atoms. The summed E-state index contributed by atoms with van der Waals surface area (Å²) in [5.74, 6) is -1.43. The Morgan fingerprint density at radius 3 is 2.07 bits per heavy atom. The van der Waals surface area contributed by atoms with Gasteiger partial charge in [0, 0.05) is 5.92 Å². The van der Waals surface area contributed by atoms with Crippen LogP contribution < -0.4 is 0 Å². The quantitative estimate of drug-likeness (QED) is 0.395. The Bertz CT molecular complexity index is 1000. The van der Waals surface area contributed by atoms with E-state index in [1.807, 2.05) is 6.92 Å². The first kappa shape index (κ1) is 23.4. The molecule has 0 aliphatic carbocycles. The van der Waals surface area contributed by atoms with Crippen LogP contribution in [0.5, 0.6) is 0 Å². The van der Waals surface area contributed by atoms with E-state index in [0.29, 0.717) is 0 Å². The van der Waals surface area contributed by atoms with Crippen molar-refractivity contribution in [2.75, 3.05) is 6.61 Å². The molecule has 1 atom stereocenters. The maximum absolute atomic E-state index is 14.5. The van der Waals surface area contributed by atoms with E-state index in [1.54, 1.807) is 18.2 Å². The van der Waals surface area contributed by atoms with Crippen molar-refractivity contribution in [3.8, 4) is 0 Å². The summed E-state index contributed by atoms with van der Waals surface area (Å²) in [5, 5.41) is -3.93. The predicted octanol–water partition coefficient (Wildman–Crippen LogP) is 4.57. The molecular weight excluding hydrogens is 422 g/mol. The van der Waals surface area contributed by atoms with Crippen molar-refractivity contribution in [1.29, 1.82) is 0 Å². The Kier molecular flexibility index (Phi) is 7.53. The second-order valence-corrected chi connectivity index (χ2v) is 10.5. The molecule has 0 saturated heterocycles. The van der Waals surface area contributed by atoms with Gasteiger partial charge in [0.1, 0.15) is 0 Å². The van der Waals surface area contributed by atoms with Crippen LogP contribution in [0.2, 0.25) is 0 Å². The summed E-state index contributed by atoms with van der Waals surface area (Å²) in [6.45, 7) is 2.83. The van der Waals surface area contributed by atoms with Gasteiger partial charge in [0.15, 0.2) is 0 Å². The lowest BCUT2D eigenvalue weighted by atomic mass is 10.1. The molecule has 0 aromatic heterocycles. The molecule has 0 amide bonds. The third-order valence-electron chi connectivity index (χ3n) is 4.57. The molecule has 0 N–H and O–H groups in total. The van der Waals surface area contributed by atoms with Gasteiger partial charge in [-0.05, 0) is 44.0 Å². The first-order chi connectivity index (χ1) is 13.5. The van der Waals surface area contributed by atoms with Gasteiger partial charge in [0.05, 0.1) is 16.4 Å². The van der Waals surface area contributed by atoms with E-state index in [0.717, 1.165) is 17.7 Å². The van der Waals surface area contributed by atoms with Crippen molar-refractivity contribution in [1.82, 2.24) is 0 Å². The summed E-state index contributed by atoms with van der Waals surface area (Å²) in [4.78, 5) is -0.402. The fourth-order valence-corrected chi connectivity index (χ4v) is 5.10. The lowest BCUT2D eigenvalue weighted by Crippen LogP contribution is -2.36. The van der Waals surface area contributed by atoms with Gasteiger partial charge >= 0.3 is 5.25 Å². The molecule has 0 aliphatic heterocycles. The van der Waals surface area contributed by atoms with E-state index in [2.05, 4.69) is 0 Å². The van der Waals surface area contributed by atoms with Gasteiger partial charge in [-0.1, -0.05) is 49.2 Å². The summed E-state index contributed by atoms with van der Waals surface area (Å²) < 4.78 is 82.6. The minimum absolute atomic E-state index is 0.0250. The zero-order valence-electron chi connectivity index (χ0n) is 16.2. The second-order valence-electron chi connectivity index (χ2n) is 6.86. The zero-order valence-corrected chi connectivity index (χ0v) is 17.8. The fourth-order valence-electron chi connectivity index (χ4n) is 2.68. The van der Waals surface area contributed by atoms with E-state index >= 15 is 0 Å². The van der Waals surface area contributed by atoms with Crippen LogP contribution in [0.25, 0.3) is 0 Å². The van der Waals surface area contributed by atoms with Crippen LogP contribution in [-0.2, 0) is 24.1 Å². The van der Waals surface area contributed by atoms with E-state index in [4.69, 9.17) is 4.18 Å². The van der Waals surface area contributed by atoms with Crippen molar-refractivity contribution >= 4 is 20.0 Å². The third kappa shape index (κ3) is 5.61. The molecule has 1 unspecified atom stereocenters. The highest BCUT2D eigenvalue weighted by molar-refractivity contribution is 7.92. The minimum atomic E-state index is -4.80. The van der Waals surface area contributed by atoms with Crippen LogP contribution in [0, 0.1) is 12.8 Å². The van der Waals surface area contributed by atoms with Crippen molar-refractivity contribution in [3.63, 3.8) is 0 Å². The van der Waals surface area contributed by atoms with Gasteiger partial charge in [0.2, 0.25) is 9.84 Å². The number of hydrogen-bond donors (Lipinski definition) is 0. The van der Waals surface area contributed by atoms with Crippen LogP contribution in [0.3, 0.4) is 0 Å². The molecule has 0 aliphatic rings. The Balaban J connectivity index is 1.87. The van der Waals surface area contributed by atoms with Gasteiger partial charge in [-0.15, -0.1) is 0 Å². The van der Waals surface area contributed by atoms with Crippen molar-refractivity contribution in [2.24, 2.45) is 5.92 Å². The number of benzene rings is 2. The molecule has 0 heterocycles. The van der Waals surface area contributed by atoms with Gasteiger partial charge in [-0.25, -0.2) is 8.42 Å². The maximum atomic E-state index is 14.5. The molecule has 2 aromatic rings. The highest BCUT2D eigenvalue weighted by atomic mass is 32.2. The Labute approximate surface area is 170 Å². The van der Waals surface area contributed by atoms with E-state index in [9.17, 15) is 25.6 Å². The number of sulfone groups is 1. The number of hydrogen-bond acceptors (Lipinski definition) is 5. The summed E-state index contributed by atoms with van der Waals surface area (Å²) in [7, 11) is -8.71. The lowest BCUT2D eigenvalue weighted by molar-refractivity contribution is 0.0290. The highest BCUT2D eigenvalue weighted by Crippen LogP contribution is 2.38. The SMILES string of the molecule is Cc1ccc(S(=O)(=O)OCCCCC(C)C(F)(F)S(=O)(=O)c2ccccc2)cc1. The Morgan fingerprint density at radius 2 is 1.48 bits per heavy atom. The summed E-state index contributed by atoms with van der Waals surface area (Å²) in [6.07, 6.45) is 0.314. The highest BCUT2D eigenvalue weighted by Gasteiger charge is 2.50. The largest absolute Gasteiger partial charge is 0.352 e. The van der Waals surface area contributed by atoms with Gasteiger partial charge < -0.3 is 0 Å². The van der Waals surface area contributed by atoms with Crippen molar-refractivity contribution < 1.29 is 29.8 Å². The number of aryl methyl sites for hydroxylation is 1. The Hall–Kier alpha value is -1.84. The van der Waals surface area contributed by atoms with Crippen molar-refractivity contribution in [2.45, 2.75) is 48.2 Å². The first-order valence-corrected chi connectivity index (χ1v) is 12.0. The van der Waals surface area contributed by atoms with E-state index in [-0.39, 0.29) is 30.8 Å². The predicted molar refractivity (Wildman–Crippen MR) is 106 cm³/mol. The van der Waals surface area contributed by atoms with Crippen LogP contribution in [0.15, 0.2) is 64.4 Å². The summed E-state index contributed by atoms with van der Waals surface area (Å²) >= 11 is 0. The lowest BCUT2D eigenvalue weighted by Gasteiger charge is -2.23. The van der Waals surface area contributed by atoms with Gasteiger partial charge in [0.25, 0.3) is 10.1 Å². The monoisotopic (exact) mass is 446 g/mol. The molecule has 0 fully saturated rings. The molecule has 0 spiro atoms. The molecule has 0 saturated carbocycles. The van der Waals surface area contributed by atoms with E-state index < -0.39 is 36.0 Å². The molecular formula is C20H24F2O5S2. The van der Waals surface area contributed by atoms with Crippen LogP contribution in [0.1, 0.15) is 31.7 Å². The van der Waals surface area contributed by atoms with E-state index in [1.165, 1.54) is 31.2 Å². The molecule has 0 radical (unpaired) electrons. The number of alkyl halides is 2. The third-order valence-corrected chi connectivity index (χ3v) is 7.90. The summed E-state index contributed by atoms with van der Waals surface area (Å²) in [5.41, 5.74) is 0.907. The van der Waals surface area contributed by atoms with Crippen molar-refractivity contribution in [3.05, 3.63) is 60.2 Å². The molecule has 9 heteroatoms. The number of unbranched alkanes of at least 4 members (excludes halogenated alkanes) is 1.